The van der Waals surface area contributed by atoms with E-state index in [1.807, 2.05) is 6.92 Å². The zero-order valence-electron chi connectivity index (χ0n) is 8.08. The third kappa shape index (κ3) is 1.55. The van der Waals surface area contributed by atoms with Crippen LogP contribution in [0.3, 0.4) is 0 Å². The van der Waals surface area contributed by atoms with Crippen LogP contribution in [0.4, 0.5) is 0 Å². The maximum Gasteiger partial charge on any atom is 0.216 e. The molecule has 0 saturated carbocycles. The first kappa shape index (κ1) is 9.57. The molecule has 0 aliphatic carbocycles. The molecule has 1 N–H and O–H groups in total. The highest BCUT2D eigenvalue weighted by Crippen LogP contribution is 2.38. The van der Waals surface area contributed by atoms with E-state index in [2.05, 4.69) is 32.3 Å². The van der Waals surface area contributed by atoms with Gasteiger partial charge in [-0.2, -0.15) is 0 Å². The molecule has 15 heavy (non-hydrogen) atoms. The van der Waals surface area contributed by atoms with Gasteiger partial charge in [-0.25, -0.2) is 4.98 Å². The zero-order valence-corrected chi connectivity index (χ0v) is 10.5. The molecule has 2 aromatic heterocycles. The van der Waals surface area contributed by atoms with Crippen molar-refractivity contribution in [1.82, 2.24) is 10.3 Å². The molecule has 0 saturated heterocycles. The van der Waals surface area contributed by atoms with Crippen molar-refractivity contribution in [2.75, 3.05) is 0 Å². The number of nitrogens with zero attached hydrogens (tertiary/aromatic N) is 1. The van der Waals surface area contributed by atoms with Gasteiger partial charge in [-0.15, -0.1) is 11.3 Å². The Morgan fingerprint density at radius 3 is 3.27 bits per heavy atom. The van der Waals surface area contributed by atoms with Gasteiger partial charge in [0.05, 0.1) is 9.48 Å². The molecule has 2 aromatic rings. The monoisotopic (exact) mass is 284 g/mol. The fraction of sp³-hybridized carbons (Fsp3) is 0.300. The van der Waals surface area contributed by atoms with Gasteiger partial charge in [0.2, 0.25) is 5.89 Å². The van der Waals surface area contributed by atoms with Crippen molar-refractivity contribution in [3.05, 3.63) is 38.1 Å². The third-order valence-electron chi connectivity index (χ3n) is 2.45. The van der Waals surface area contributed by atoms with Gasteiger partial charge in [0.25, 0.3) is 0 Å². The summed E-state index contributed by atoms with van der Waals surface area (Å²) in [5, 5.41) is 3.39. The van der Waals surface area contributed by atoms with Gasteiger partial charge in [0.1, 0.15) is 12.3 Å². The maximum atomic E-state index is 5.43. The van der Waals surface area contributed by atoms with Crippen LogP contribution in [0.5, 0.6) is 0 Å². The standard InChI is InChI=1S/C10H9BrN2OS/c1-5-4-14-10(13-5)8-9-6(3-12-8)2-7(11)15-9/h2,4,8,12H,3H2,1H3. The quantitative estimate of drug-likeness (QED) is 0.875. The van der Waals surface area contributed by atoms with Crippen LogP contribution >= 0.6 is 27.3 Å². The fourth-order valence-electron chi connectivity index (χ4n) is 1.80. The first-order valence-electron chi connectivity index (χ1n) is 4.67. The largest absolute Gasteiger partial charge is 0.447 e. The van der Waals surface area contributed by atoms with Crippen LogP contribution in [0.25, 0.3) is 0 Å². The Morgan fingerprint density at radius 2 is 2.53 bits per heavy atom. The molecule has 0 spiro atoms. The number of fused-ring (bicyclic) bond motifs is 1. The second kappa shape index (κ2) is 3.43. The van der Waals surface area contributed by atoms with E-state index in [4.69, 9.17) is 4.42 Å². The minimum atomic E-state index is 0.130. The summed E-state index contributed by atoms with van der Waals surface area (Å²) in [4.78, 5) is 5.67. The van der Waals surface area contributed by atoms with E-state index in [0.717, 1.165) is 18.1 Å². The smallest absolute Gasteiger partial charge is 0.216 e. The summed E-state index contributed by atoms with van der Waals surface area (Å²) in [6, 6.07) is 2.29. The number of nitrogens with one attached hydrogen (secondary N) is 1. The van der Waals surface area contributed by atoms with E-state index >= 15 is 0 Å². The topological polar surface area (TPSA) is 38.1 Å². The van der Waals surface area contributed by atoms with Gasteiger partial charge in [0.15, 0.2) is 0 Å². The van der Waals surface area contributed by atoms with Gasteiger partial charge in [0, 0.05) is 11.4 Å². The van der Waals surface area contributed by atoms with Crippen LogP contribution in [0, 0.1) is 6.92 Å². The molecule has 1 unspecified atom stereocenters. The van der Waals surface area contributed by atoms with Crippen molar-refractivity contribution < 1.29 is 4.42 Å². The van der Waals surface area contributed by atoms with Gasteiger partial charge in [-0.05, 0) is 34.5 Å². The minimum absolute atomic E-state index is 0.130. The lowest BCUT2D eigenvalue weighted by Crippen LogP contribution is -2.13. The predicted molar refractivity (Wildman–Crippen MR) is 61.9 cm³/mol. The van der Waals surface area contributed by atoms with Crippen molar-refractivity contribution in [3.8, 4) is 0 Å². The predicted octanol–water partition coefficient (Wildman–Crippen LogP) is 3.00. The summed E-state index contributed by atoms with van der Waals surface area (Å²) < 4.78 is 6.60. The van der Waals surface area contributed by atoms with E-state index in [0.29, 0.717) is 0 Å². The average molecular weight is 285 g/mol. The molecule has 0 radical (unpaired) electrons. The molecule has 5 heteroatoms. The summed E-state index contributed by atoms with van der Waals surface area (Å²) >= 11 is 5.25. The van der Waals surface area contributed by atoms with Crippen LogP contribution in [0.1, 0.15) is 28.1 Å². The SMILES string of the molecule is Cc1coc(C2NCc3cc(Br)sc32)n1. The van der Waals surface area contributed by atoms with Gasteiger partial charge in [-0.1, -0.05) is 0 Å². The van der Waals surface area contributed by atoms with E-state index in [1.54, 1.807) is 17.6 Å². The molecule has 0 aromatic carbocycles. The molecule has 0 amide bonds. The zero-order chi connectivity index (χ0) is 10.4. The van der Waals surface area contributed by atoms with Crippen LogP contribution < -0.4 is 5.32 Å². The lowest BCUT2D eigenvalue weighted by atomic mass is 10.2. The van der Waals surface area contributed by atoms with Crippen molar-refractivity contribution in [2.45, 2.75) is 19.5 Å². The number of rotatable bonds is 1. The molecule has 1 atom stereocenters. The van der Waals surface area contributed by atoms with Crippen LogP contribution in [0.2, 0.25) is 0 Å². The number of hydrogen-bond acceptors (Lipinski definition) is 4. The molecular formula is C10H9BrN2OS. The molecule has 3 heterocycles. The number of halogens is 1. The molecule has 78 valence electrons. The Balaban J connectivity index is 2.02. The first-order chi connectivity index (χ1) is 7.24. The fourth-order valence-corrected chi connectivity index (χ4v) is 3.57. The normalized spacial score (nSPS) is 19.5. The molecule has 0 bridgehead atoms. The first-order valence-corrected chi connectivity index (χ1v) is 6.28. The Morgan fingerprint density at radius 1 is 1.67 bits per heavy atom. The van der Waals surface area contributed by atoms with E-state index in [-0.39, 0.29) is 6.04 Å². The molecule has 0 fully saturated rings. The third-order valence-corrected chi connectivity index (χ3v) is 4.20. The van der Waals surface area contributed by atoms with Crippen molar-refractivity contribution in [3.63, 3.8) is 0 Å². The van der Waals surface area contributed by atoms with E-state index < -0.39 is 0 Å². The summed E-state index contributed by atoms with van der Waals surface area (Å²) in [7, 11) is 0. The molecule has 1 aliphatic rings. The van der Waals surface area contributed by atoms with E-state index in [9.17, 15) is 0 Å². The lowest BCUT2D eigenvalue weighted by molar-refractivity contribution is 0.448. The second-order valence-corrected chi connectivity index (χ2v) is 6.04. The van der Waals surface area contributed by atoms with Crippen molar-refractivity contribution in [2.24, 2.45) is 0 Å². The molecule has 3 nitrogen and oxygen atoms in total. The summed E-state index contributed by atoms with van der Waals surface area (Å²) in [5.41, 5.74) is 2.27. The Hall–Kier alpha value is -0.650. The lowest BCUT2D eigenvalue weighted by Gasteiger charge is -2.04. The van der Waals surface area contributed by atoms with Gasteiger partial charge < -0.3 is 4.42 Å². The Kier molecular flexibility index (Phi) is 2.19. The van der Waals surface area contributed by atoms with Gasteiger partial charge in [-0.3, -0.25) is 5.32 Å². The number of thiophene rings is 1. The highest BCUT2D eigenvalue weighted by molar-refractivity contribution is 9.11. The maximum absolute atomic E-state index is 5.43. The molecule has 1 aliphatic heterocycles. The summed E-state index contributed by atoms with van der Waals surface area (Å²) in [5.74, 6) is 0.764. The molecular weight excluding hydrogens is 276 g/mol. The summed E-state index contributed by atoms with van der Waals surface area (Å²) in [6.45, 7) is 2.83. The average Bonchev–Trinajstić information content (AvgIpc) is 2.80. The van der Waals surface area contributed by atoms with Crippen LogP contribution in [0.15, 0.2) is 20.5 Å². The Bertz CT molecular complexity index is 505. The minimum Gasteiger partial charge on any atom is -0.447 e. The second-order valence-electron chi connectivity index (χ2n) is 3.58. The molecule has 3 rings (SSSR count). The van der Waals surface area contributed by atoms with E-state index in [1.165, 1.54) is 14.2 Å². The highest BCUT2D eigenvalue weighted by atomic mass is 79.9. The highest BCUT2D eigenvalue weighted by Gasteiger charge is 2.29. The van der Waals surface area contributed by atoms with Crippen LogP contribution in [-0.2, 0) is 6.54 Å². The Labute approximate surface area is 99.6 Å². The number of aromatic nitrogens is 1. The van der Waals surface area contributed by atoms with Crippen LogP contribution in [-0.4, -0.2) is 4.98 Å². The van der Waals surface area contributed by atoms with Crippen molar-refractivity contribution in [1.29, 1.82) is 0 Å². The van der Waals surface area contributed by atoms with Crippen molar-refractivity contribution >= 4 is 27.3 Å². The van der Waals surface area contributed by atoms with Gasteiger partial charge >= 0.3 is 0 Å². The number of hydrogen-bond donors (Lipinski definition) is 1. The number of oxazole rings is 1. The summed E-state index contributed by atoms with van der Waals surface area (Å²) in [6.07, 6.45) is 1.69. The number of aryl methyl sites for hydroxylation is 1.